The Balaban J connectivity index is 1.06. The van der Waals surface area contributed by atoms with Crippen molar-refractivity contribution in [2.75, 3.05) is 4.90 Å². The zero-order valence-corrected chi connectivity index (χ0v) is 34.2. The van der Waals surface area contributed by atoms with Gasteiger partial charge in [0.25, 0.3) is 0 Å². The molecule has 0 unspecified atom stereocenters. The van der Waals surface area contributed by atoms with Gasteiger partial charge in [-0.3, -0.25) is 0 Å². The van der Waals surface area contributed by atoms with Gasteiger partial charge in [-0.2, -0.15) is 0 Å². The Labute approximate surface area is 343 Å². The molecule has 280 valence electrons. The summed E-state index contributed by atoms with van der Waals surface area (Å²) in [5.41, 5.74) is 24.6. The summed E-state index contributed by atoms with van der Waals surface area (Å²) in [6.45, 7) is 14.4. The lowest BCUT2D eigenvalue weighted by Crippen LogP contribution is -2.18. The zero-order chi connectivity index (χ0) is 39.6. The zero-order valence-electron chi connectivity index (χ0n) is 34.2. The Hall–Kier alpha value is -6.44. The van der Waals surface area contributed by atoms with Crippen LogP contribution in [0.2, 0.25) is 0 Å². The first-order chi connectivity index (χ1) is 28.0. The molecule has 0 atom stereocenters. The van der Waals surface area contributed by atoms with Gasteiger partial charge < -0.3 is 4.90 Å². The van der Waals surface area contributed by atoms with E-state index >= 15 is 0 Å². The lowest BCUT2D eigenvalue weighted by molar-refractivity contribution is 0.652. The summed E-state index contributed by atoms with van der Waals surface area (Å²) in [7, 11) is 0. The average molecular weight is 746 g/mol. The summed E-state index contributed by atoms with van der Waals surface area (Å²) in [4.78, 5) is 2.47. The third kappa shape index (κ3) is 4.89. The molecule has 0 N–H and O–H groups in total. The largest absolute Gasteiger partial charge is 0.310 e. The van der Waals surface area contributed by atoms with E-state index in [1.165, 1.54) is 100 Å². The van der Waals surface area contributed by atoms with Crippen molar-refractivity contribution in [3.8, 4) is 55.6 Å². The fraction of sp³-hybridized carbons (Fsp3) is 0.158. The molecular weight excluding hydrogens is 699 g/mol. The molecule has 8 aromatic carbocycles. The van der Waals surface area contributed by atoms with Crippen LogP contribution in [0, 0.1) is 0 Å². The van der Waals surface area contributed by atoms with Gasteiger partial charge in [-0.1, -0.05) is 169 Å². The van der Waals surface area contributed by atoms with Crippen LogP contribution < -0.4 is 4.90 Å². The molecule has 0 heterocycles. The van der Waals surface area contributed by atoms with Crippen LogP contribution in [0.1, 0.15) is 74.9 Å². The topological polar surface area (TPSA) is 3.24 Å². The highest BCUT2D eigenvalue weighted by atomic mass is 15.1. The molecule has 3 aliphatic rings. The van der Waals surface area contributed by atoms with Crippen molar-refractivity contribution < 1.29 is 0 Å². The molecule has 0 spiro atoms. The van der Waals surface area contributed by atoms with Gasteiger partial charge in [0.1, 0.15) is 0 Å². The first kappa shape index (κ1) is 34.8. The predicted octanol–water partition coefficient (Wildman–Crippen LogP) is 15.4. The number of benzene rings is 8. The molecule has 0 saturated carbocycles. The minimum Gasteiger partial charge on any atom is -0.310 e. The number of hydrogen-bond donors (Lipinski definition) is 0. The lowest BCUT2D eigenvalue weighted by atomic mass is 9.79. The van der Waals surface area contributed by atoms with E-state index < -0.39 is 0 Å². The molecule has 8 aromatic rings. The van der Waals surface area contributed by atoms with Gasteiger partial charge >= 0.3 is 0 Å². The van der Waals surface area contributed by atoms with E-state index in [2.05, 4.69) is 222 Å². The third-order valence-corrected chi connectivity index (χ3v) is 13.9. The van der Waals surface area contributed by atoms with Gasteiger partial charge in [-0.25, -0.2) is 0 Å². The Kier molecular flexibility index (Phi) is 7.36. The maximum atomic E-state index is 2.55. The maximum Gasteiger partial charge on any atom is 0.0465 e. The van der Waals surface area contributed by atoms with E-state index in [0.717, 1.165) is 5.69 Å². The van der Waals surface area contributed by atoms with Crippen LogP contribution in [0.15, 0.2) is 176 Å². The summed E-state index contributed by atoms with van der Waals surface area (Å²) in [6, 6.07) is 65.9. The van der Waals surface area contributed by atoms with E-state index in [1.54, 1.807) is 0 Å². The maximum absolute atomic E-state index is 2.55. The fourth-order valence-electron chi connectivity index (χ4n) is 10.7. The minimum atomic E-state index is -0.200. The van der Waals surface area contributed by atoms with E-state index in [0.29, 0.717) is 0 Å². The summed E-state index contributed by atoms with van der Waals surface area (Å²) < 4.78 is 0. The van der Waals surface area contributed by atoms with Crippen LogP contribution in [-0.2, 0) is 16.2 Å². The summed E-state index contributed by atoms with van der Waals surface area (Å²) >= 11 is 0. The molecule has 3 aliphatic carbocycles. The van der Waals surface area contributed by atoms with Crippen LogP contribution in [-0.4, -0.2) is 0 Å². The number of fused-ring (bicyclic) bond motifs is 9. The van der Waals surface area contributed by atoms with E-state index in [4.69, 9.17) is 0 Å². The smallest absolute Gasteiger partial charge is 0.0465 e. The van der Waals surface area contributed by atoms with E-state index in [9.17, 15) is 0 Å². The summed E-state index contributed by atoms with van der Waals surface area (Å²) in [5, 5.41) is 0. The molecule has 0 saturated heterocycles. The average Bonchev–Trinajstić information content (AvgIpc) is 3.73. The monoisotopic (exact) mass is 745 g/mol. The normalized spacial score (nSPS) is 15.5. The molecule has 0 radical (unpaired) electrons. The Morgan fingerprint density at radius 2 is 0.707 bits per heavy atom. The Morgan fingerprint density at radius 1 is 0.276 bits per heavy atom. The van der Waals surface area contributed by atoms with Crippen molar-refractivity contribution in [1.82, 2.24) is 0 Å². The second-order valence-electron chi connectivity index (χ2n) is 18.2. The van der Waals surface area contributed by atoms with Gasteiger partial charge in [-0.15, -0.1) is 0 Å². The van der Waals surface area contributed by atoms with Gasteiger partial charge in [0.15, 0.2) is 0 Å². The first-order valence-corrected chi connectivity index (χ1v) is 20.8. The summed E-state index contributed by atoms with van der Waals surface area (Å²) in [5.74, 6) is 0. The molecule has 0 amide bonds. The highest BCUT2D eigenvalue weighted by molar-refractivity contribution is 5.96. The molecule has 1 nitrogen and oxygen atoms in total. The van der Waals surface area contributed by atoms with Crippen molar-refractivity contribution in [3.05, 3.63) is 209 Å². The highest BCUT2D eigenvalue weighted by Crippen LogP contribution is 2.58. The standard InChI is InChI=1S/C57H47N/c1-55(2)48-22-14-13-20-43(48)44-30-28-40(32-50(44)55)58(39-26-24-37(25-27-39)36-16-9-7-10-17-36)41-29-31-45-46-34-53-47(35-52(46)57(5,6)51(45)33-41)54-42(38-18-11-8-12-19-38)21-15-23-49(54)56(53,3)4/h7-35H,1-6H3. The number of anilines is 3. The Bertz CT molecular complexity index is 2950. The van der Waals surface area contributed by atoms with Crippen LogP contribution in [0.3, 0.4) is 0 Å². The van der Waals surface area contributed by atoms with E-state index in [1.807, 2.05) is 0 Å². The number of hydrogen-bond acceptors (Lipinski definition) is 1. The van der Waals surface area contributed by atoms with Crippen LogP contribution in [0.5, 0.6) is 0 Å². The molecule has 0 aliphatic heterocycles. The molecule has 0 aromatic heterocycles. The fourth-order valence-corrected chi connectivity index (χ4v) is 10.7. The van der Waals surface area contributed by atoms with Gasteiger partial charge in [0, 0.05) is 33.3 Å². The quantitative estimate of drug-likeness (QED) is 0.170. The number of nitrogens with zero attached hydrogens (tertiary/aromatic N) is 1. The van der Waals surface area contributed by atoms with Crippen molar-refractivity contribution >= 4 is 17.1 Å². The first-order valence-electron chi connectivity index (χ1n) is 20.8. The molecule has 11 rings (SSSR count). The van der Waals surface area contributed by atoms with Crippen molar-refractivity contribution in [2.24, 2.45) is 0 Å². The third-order valence-electron chi connectivity index (χ3n) is 13.9. The van der Waals surface area contributed by atoms with Gasteiger partial charge in [-0.05, 0) is 138 Å². The molecule has 0 bridgehead atoms. The number of rotatable bonds is 5. The SMILES string of the molecule is CC1(C)c2ccccc2-c2ccc(N(c3ccc(-c4ccccc4)cc3)c3ccc4c(c3)C(C)(C)c3cc5c(cc3-4)C(C)(C)c3cccc(-c4ccccc4)c3-5)cc21. The summed E-state index contributed by atoms with van der Waals surface area (Å²) in [6.07, 6.45) is 0. The molecular formula is C57H47N. The molecule has 0 fully saturated rings. The van der Waals surface area contributed by atoms with Gasteiger partial charge in [0.2, 0.25) is 0 Å². The van der Waals surface area contributed by atoms with Crippen molar-refractivity contribution in [3.63, 3.8) is 0 Å². The second kappa shape index (κ2) is 12.3. The molecule has 1 heteroatoms. The van der Waals surface area contributed by atoms with Crippen LogP contribution >= 0.6 is 0 Å². The lowest BCUT2D eigenvalue weighted by Gasteiger charge is -2.30. The van der Waals surface area contributed by atoms with Crippen LogP contribution in [0.4, 0.5) is 17.1 Å². The van der Waals surface area contributed by atoms with Crippen molar-refractivity contribution in [2.45, 2.75) is 57.8 Å². The highest BCUT2D eigenvalue weighted by Gasteiger charge is 2.43. The predicted molar refractivity (Wildman–Crippen MR) is 245 cm³/mol. The van der Waals surface area contributed by atoms with Crippen molar-refractivity contribution in [1.29, 1.82) is 0 Å². The minimum absolute atomic E-state index is 0.0977. The van der Waals surface area contributed by atoms with Gasteiger partial charge in [0.05, 0.1) is 0 Å². The molecule has 58 heavy (non-hydrogen) atoms. The van der Waals surface area contributed by atoms with Crippen LogP contribution in [0.25, 0.3) is 55.6 Å². The second-order valence-corrected chi connectivity index (χ2v) is 18.2. The van der Waals surface area contributed by atoms with E-state index in [-0.39, 0.29) is 16.2 Å². The Morgan fingerprint density at radius 3 is 1.38 bits per heavy atom.